The van der Waals surface area contributed by atoms with Gasteiger partial charge in [0.15, 0.2) is 0 Å². The fraction of sp³-hybridized carbons (Fsp3) is 0.375. The van der Waals surface area contributed by atoms with Crippen LogP contribution in [0.25, 0.3) is 11.3 Å². The van der Waals surface area contributed by atoms with E-state index in [1.165, 1.54) is 0 Å². The average molecular weight is 506 g/mol. The number of amides is 1. The minimum atomic E-state index is -4.59. The molecule has 0 aromatic carbocycles. The molecule has 0 spiro atoms. The highest BCUT2D eigenvalue weighted by molar-refractivity contribution is 5.99. The third kappa shape index (κ3) is 5.58. The zero-order valence-electron chi connectivity index (χ0n) is 19.4. The van der Waals surface area contributed by atoms with E-state index in [-0.39, 0.29) is 18.2 Å². The van der Waals surface area contributed by atoms with Crippen LogP contribution in [0.5, 0.6) is 0 Å². The average Bonchev–Trinajstić information content (AvgIpc) is 2.82. The Hall–Kier alpha value is -3.70. The maximum atomic E-state index is 14.6. The molecule has 0 bridgehead atoms. The van der Waals surface area contributed by atoms with E-state index in [1.807, 2.05) is 0 Å². The van der Waals surface area contributed by atoms with Crippen molar-refractivity contribution in [1.29, 1.82) is 0 Å². The number of halogens is 5. The van der Waals surface area contributed by atoms with E-state index >= 15 is 0 Å². The Morgan fingerprint density at radius 2 is 1.86 bits per heavy atom. The van der Waals surface area contributed by atoms with Gasteiger partial charge in [-0.1, -0.05) is 13.0 Å². The van der Waals surface area contributed by atoms with Crippen molar-refractivity contribution in [3.05, 3.63) is 65.9 Å². The molecule has 1 aliphatic heterocycles. The molecular weight excluding hydrogens is 483 g/mol. The third-order valence-electron chi connectivity index (χ3n) is 5.97. The lowest BCUT2D eigenvalue weighted by atomic mass is 9.88. The van der Waals surface area contributed by atoms with Gasteiger partial charge in [0.1, 0.15) is 5.69 Å². The molecule has 0 radical (unpaired) electrons. The van der Waals surface area contributed by atoms with Gasteiger partial charge in [0.05, 0.1) is 23.8 Å². The van der Waals surface area contributed by atoms with Crippen LogP contribution in [0.1, 0.15) is 35.1 Å². The summed E-state index contributed by atoms with van der Waals surface area (Å²) in [6.07, 6.45) is -2.22. The number of alkyl halides is 5. The lowest BCUT2D eigenvalue weighted by molar-refractivity contribution is -0.138. The van der Waals surface area contributed by atoms with E-state index in [1.54, 1.807) is 50.4 Å². The predicted molar refractivity (Wildman–Crippen MR) is 121 cm³/mol. The molecule has 3 aromatic heterocycles. The molecular formula is C24H23F5N6O. The number of likely N-dealkylation sites (tertiary alicyclic amines) is 1. The standard InChI is InChI=1S/C24H23F5N6O/c1-14-9-23(25,26)13-35(19(14)12-33-22-31-10-16(11-32-22)24(27,28)29)21(36)20-17(7-6-15(2)34-20)18-5-3-4-8-30-18/h3-8,10-11,14,19H,9,12-13H2,1-2H3,(H,31,32,33)/t14-,19-/m1/s1. The number of hydrogen-bond acceptors (Lipinski definition) is 6. The monoisotopic (exact) mass is 506 g/mol. The number of rotatable bonds is 5. The lowest BCUT2D eigenvalue weighted by Gasteiger charge is -2.43. The SMILES string of the molecule is Cc1ccc(-c2ccccn2)c(C(=O)N2CC(F)(F)C[C@@H](C)[C@H]2CNc2ncc(C(F)(F)F)cn2)n1. The lowest BCUT2D eigenvalue weighted by Crippen LogP contribution is -2.57. The third-order valence-corrected chi connectivity index (χ3v) is 5.97. The number of nitrogens with zero attached hydrogens (tertiary/aromatic N) is 5. The zero-order chi connectivity index (χ0) is 26.1. The van der Waals surface area contributed by atoms with E-state index in [0.717, 1.165) is 4.90 Å². The first-order valence-electron chi connectivity index (χ1n) is 11.2. The van der Waals surface area contributed by atoms with Gasteiger partial charge in [-0.25, -0.2) is 23.7 Å². The number of anilines is 1. The first-order chi connectivity index (χ1) is 16.9. The Balaban J connectivity index is 1.63. The second kappa shape index (κ2) is 9.75. The summed E-state index contributed by atoms with van der Waals surface area (Å²) in [5.74, 6) is -4.55. The molecule has 1 amide bonds. The van der Waals surface area contributed by atoms with Crippen molar-refractivity contribution in [2.75, 3.05) is 18.4 Å². The van der Waals surface area contributed by atoms with Gasteiger partial charge in [0.2, 0.25) is 5.95 Å². The van der Waals surface area contributed by atoms with Gasteiger partial charge in [0.25, 0.3) is 11.8 Å². The van der Waals surface area contributed by atoms with Crippen molar-refractivity contribution in [3.63, 3.8) is 0 Å². The molecule has 4 rings (SSSR count). The molecule has 0 saturated carbocycles. The van der Waals surface area contributed by atoms with E-state index in [2.05, 4.69) is 25.3 Å². The van der Waals surface area contributed by atoms with Crippen LogP contribution in [-0.4, -0.2) is 55.8 Å². The van der Waals surface area contributed by atoms with E-state index in [0.29, 0.717) is 29.3 Å². The number of carbonyl (C=O) groups is 1. The fourth-order valence-corrected chi connectivity index (χ4v) is 4.23. The van der Waals surface area contributed by atoms with Crippen molar-refractivity contribution in [1.82, 2.24) is 24.8 Å². The summed E-state index contributed by atoms with van der Waals surface area (Å²) in [6.45, 7) is 2.41. The molecule has 1 aliphatic rings. The Morgan fingerprint density at radius 3 is 2.50 bits per heavy atom. The number of aromatic nitrogens is 4. The molecule has 1 N–H and O–H groups in total. The van der Waals surface area contributed by atoms with Crippen LogP contribution in [-0.2, 0) is 6.18 Å². The molecule has 4 heterocycles. The summed E-state index contributed by atoms with van der Waals surface area (Å²) in [4.78, 5) is 30.7. The summed E-state index contributed by atoms with van der Waals surface area (Å²) in [7, 11) is 0. The van der Waals surface area contributed by atoms with Gasteiger partial charge in [-0.2, -0.15) is 13.2 Å². The highest BCUT2D eigenvalue weighted by Gasteiger charge is 2.46. The van der Waals surface area contributed by atoms with Crippen LogP contribution in [0.15, 0.2) is 48.9 Å². The second-order valence-corrected chi connectivity index (χ2v) is 8.78. The first-order valence-corrected chi connectivity index (χ1v) is 11.2. The highest BCUT2D eigenvalue weighted by atomic mass is 19.4. The van der Waals surface area contributed by atoms with Gasteiger partial charge in [0, 0.05) is 42.8 Å². The summed E-state index contributed by atoms with van der Waals surface area (Å²) < 4.78 is 67.5. The molecule has 3 aromatic rings. The topological polar surface area (TPSA) is 83.9 Å². The van der Waals surface area contributed by atoms with E-state index in [4.69, 9.17) is 0 Å². The van der Waals surface area contributed by atoms with Gasteiger partial charge >= 0.3 is 6.18 Å². The van der Waals surface area contributed by atoms with Crippen LogP contribution in [0, 0.1) is 12.8 Å². The number of pyridine rings is 2. The van der Waals surface area contributed by atoms with Gasteiger partial charge in [-0.3, -0.25) is 9.78 Å². The molecule has 1 fully saturated rings. The first kappa shape index (κ1) is 25.4. The maximum absolute atomic E-state index is 14.6. The van der Waals surface area contributed by atoms with Gasteiger partial charge in [-0.05, 0) is 37.1 Å². The molecule has 2 atom stereocenters. The number of nitrogens with one attached hydrogen (secondary N) is 1. The van der Waals surface area contributed by atoms with Crippen molar-refractivity contribution in [3.8, 4) is 11.3 Å². The van der Waals surface area contributed by atoms with E-state index < -0.39 is 48.5 Å². The molecule has 1 saturated heterocycles. The molecule has 12 heteroatoms. The van der Waals surface area contributed by atoms with Crippen LogP contribution >= 0.6 is 0 Å². The molecule has 7 nitrogen and oxygen atoms in total. The van der Waals surface area contributed by atoms with Crippen LogP contribution in [0.2, 0.25) is 0 Å². The number of aryl methyl sites for hydroxylation is 1. The number of piperidine rings is 1. The summed E-state index contributed by atoms with van der Waals surface area (Å²) in [5, 5.41) is 2.78. The van der Waals surface area contributed by atoms with Crippen LogP contribution < -0.4 is 5.32 Å². The minimum Gasteiger partial charge on any atom is -0.352 e. The smallest absolute Gasteiger partial charge is 0.352 e. The van der Waals surface area contributed by atoms with Gasteiger partial charge in [-0.15, -0.1) is 0 Å². The van der Waals surface area contributed by atoms with Crippen molar-refractivity contribution >= 4 is 11.9 Å². The second-order valence-electron chi connectivity index (χ2n) is 8.78. The molecule has 36 heavy (non-hydrogen) atoms. The normalized spacial score (nSPS) is 19.7. The maximum Gasteiger partial charge on any atom is 0.419 e. The summed E-state index contributed by atoms with van der Waals surface area (Å²) in [5.41, 5.74) is 0.392. The number of hydrogen-bond donors (Lipinski definition) is 1. The number of carbonyl (C=O) groups excluding carboxylic acids is 1. The summed E-state index contributed by atoms with van der Waals surface area (Å²) in [6, 6.07) is 7.80. The summed E-state index contributed by atoms with van der Waals surface area (Å²) >= 11 is 0. The van der Waals surface area contributed by atoms with Crippen molar-refractivity contribution in [2.24, 2.45) is 5.92 Å². The molecule has 0 unspecified atom stereocenters. The zero-order valence-corrected chi connectivity index (χ0v) is 19.4. The molecule has 0 aliphatic carbocycles. The van der Waals surface area contributed by atoms with E-state index in [9.17, 15) is 26.7 Å². The van der Waals surface area contributed by atoms with Crippen molar-refractivity contribution in [2.45, 2.75) is 38.4 Å². The minimum absolute atomic E-state index is 0.00520. The Bertz CT molecular complexity index is 1220. The Labute approximate surface area is 203 Å². The predicted octanol–water partition coefficient (Wildman–Crippen LogP) is 4.86. The van der Waals surface area contributed by atoms with Crippen molar-refractivity contribution < 1.29 is 26.7 Å². The Kier molecular flexibility index (Phi) is 6.87. The fourth-order valence-electron chi connectivity index (χ4n) is 4.23. The van der Waals surface area contributed by atoms with Crippen LogP contribution in [0.4, 0.5) is 27.9 Å². The Morgan fingerprint density at radius 1 is 1.14 bits per heavy atom. The quantitative estimate of drug-likeness (QED) is 0.498. The molecule has 190 valence electrons. The van der Waals surface area contributed by atoms with Gasteiger partial charge < -0.3 is 10.2 Å². The van der Waals surface area contributed by atoms with Crippen LogP contribution in [0.3, 0.4) is 0 Å². The highest BCUT2D eigenvalue weighted by Crippen LogP contribution is 2.36. The largest absolute Gasteiger partial charge is 0.419 e.